The number of amides is 1. The molecule has 1 fully saturated rings. The zero-order valence-corrected chi connectivity index (χ0v) is 17.1. The van der Waals surface area contributed by atoms with Crippen LogP contribution in [0.3, 0.4) is 0 Å². The molecule has 1 aromatic rings. The first-order valence-electron chi connectivity index (χ1n) is 10.2. The lowest BCUT2D eigenvalue weighted by molar-refractivity contribution is -0.116. The van der Waals surface area contributed by atoms with Gasteiger partial charge in [-0.15, -0.1) is 0 Å². The van der Waals surface area contributed by atoms with Crippen molar-refractivity contribution >= 4 is 23.2 Å². The summed E-state index contributed by atoms with van der Waals surface area (Å²) in [5.74, 6) is 1.09. The smallest absolute Gasteiger partial charge is 0.225 e. The van der Waals surface area contributed by atoms with Crippen LogP contribution in [0.25, 0.3) is 0 Å². The first-order chi connectivity index (χ1) is 13.0. The molecule has 1 aliphatic rings. The lowest BCUT2D eigenvalue weighted by Gasteiger charge is -2.30. The van der Waals surface area contributed by atoms with Gasteiger partial charge < -0.3 is 15.4 Å². The Morgan fingerprint density at radius 3 is 2.56 bits per heavy atom. The third kappa shape index (κ3) is 6.66. The summed E-state index contributed by atoms with van der Waals surface area (Å²) in [6, 6.07) is 3.91. The molecule has 2 N–H and O–H groups in total. The zero-order valence-electron chi connectivity index (χ0n) is 17.1. The van der Waals surface area contributed by atoms with Crippen LogP contribution in [0, 0.1) is 0 Å². The summed E-state index contributed by atoms with van der Waals surface area (Å²) < 4.78 is 5.39. The maximum atomic E-state index is 12.3. The quantitative estimate of drug-likeness (QED) is 0.675. The van der Waals surface area contributed by atoms with Crippen molar-refractivity contribution < 1.29 is 9.53 Å². The second kappa shape index (κ2) is 11.1. The van der Waals surface area contributed by atoms with Gasteiger partial charge in [-0.1, -0.05) is 20.3 Å². The van der Waals surface area contributed by atoms with Gasteiger partial charge in [-0.3, -0.25) is 14.6 Å². The van der Waals surface area contributed by atoms with Crippen LogP contribution in [-0.4, -0.2) is 68.3 Å². The maximum absolute atomic E-state index is 12.3. The second-order valence-electron chi connectivity index (χ2n) is 7.07. The van der Waals surface area contributed by atoms with Crippen LogP contribution in [0.5, 0.6) is 0 Å². The van der Waals surface area contributed by atoms with Crippen molar-refractivity contribution in [2.24, 2.45) is 0 Å². The van der Waals surface area contributed by atoms with E-state index in [4.69, 9.17) is 10.5 Å². The Morgan fingerprint density at radius 2 is 1.93 bits per heavy atom. The molecule has 27 heavy (non-hydrogen) atoms. The summed E-state index contributed by atoms with van der Waals surface area (Å²) in [6.45, 7) is 12.6. The van der Waals surface area contributed by atoms with E-state index in [1.54, 1.807) is 11.8 Å². The molecule has 2 heterocycles. The summed E-state index contributed by atoms with van der Waals surface area (Å²) in [7, 11) is 0. The fourth-order valence-corrected chi connectivity index (χ4v) is 3.33. The summed E-state index contributed by atoms with van der Waals surface area (Å²) in [6.07, 6.45) is 3.34. The molecule has 0 spiro atoms. The average molecular weight is 378 g/mol. The number of nitrogens with two attached hydrogens (primary N) is 1. The van der Waals surface area contributed by atoms with Crippen molar-refractivity contribution in [3.05, 3.63) is 12.1 Å². The molecule has 0 aromatic carbocycles. The number of nitrogens with zero attached hydrogens (tertiary/aromatic N) is 4. The molecular formula is C20H35N5O2. The molecule has 0 aliphatic carbocycles. The van der Waals surface area contributed by atoms with E-state index < -0.39 is 0 Å². The van der Waals surface area contributed by atoms with Crippen LogP contribution in [0.2, 0.25) is 0 Å². The van der Waals surface area contributed by atoms with Crippen molar-refractivity contribution in [2.75, 3.05) is 68.0 Å². The van der Waals surface area contributed by atoms with Crippen molar-refractivity contribution in [3.8, 4) is 0 Å². The Hall–Kier alpha value is -1.86. The molecule has 152 valence electrons. The molecule has 0 atom stereocenters. The zero-order chi connectivity index (χ0) is 19.6. The Morgan fingerprint density at radius 1 is 1.19 bits per heavy atom. The number of anilines is 3. The van der Waals surface area contributed by atoms with E-state index in [9.17, 15) is 4.79 Å². The molecule has 1 aliphatic heterocycles. The Bertz CT molecular complexity index is 590. The van der Waals surface area contributed by atoms with Gasteiger partial charge in [0.15, 0.2) is 0 Å². The van der Waals surface area contributed by atoms with Crippen LogP contribution in [-0.2, 0) is 9.53 Å². The number of hydrogen-bond acceptors (Lipinski definition) is 6. The van der Waals surface area contributed by atoms with E-state index in [0.717, 1.165) is 70.9 Å². The van der Waals surface area contributed by atoms with Crippen LogP contribution in [0.15, 0.2) is 12.1 Å². The standard InChI is InChI=1S/C20H35N5O2/c1-4-6-8-24(7-5-2)18-15-19(21)22-20(16-18)25(17(3)26)10-9-23-11-13-27-14-12-23/h15-16H,4-14H2,1-3H3,(H2,21,22). The van der Waals surface area contributed by atoms with Gasteiger partial charge >= 0.3 is 0 Å². The third-order valence-corrected chi connectivity index (χ3v) is 4.86. The SMILES string of the molecule is CCCCN(CCC)c1cc(N)nc(N(CCN2CCOCC2)C(C)=O)c1. The highest BCUT2D eigenvalue weighted by Crippen LogP contribution is 2.24. The minimum absolute atomic E-state index is 0.0112. The fourth-order valence-electron chi connectivity index (χ4n) is 3.33. The number of ether oxygens (including phenoxy) is 1. The molecule has 0 unspecified atom stereocenters. The van der Waals surface area contributed by atoms with E-state index in [0.29, 0.717) is 18.2 Å². The molecule has 7 heteroatoms. The topological polar surface area (TPSA) is 74.9 Å². The van der Waals surface area contributed by atoms with E-state index in [-0.39, 0.29) is 5.91 Å². The second-order valence-corrected chi connectivity index (χ2v) is 7.07. The lowest BCUT2D eigenvalue weighted by Crippen LogP contribution is -2.43. The predicted molar refractivity (Wildman–Crippen MR) is 111 cm³/mol. The Kier molecular flexibility index (Phi) is 8.81. The number of carbonyl (C=O) groups excluding carboxylic acids is 1. The van der Waals surface area contributed by atoms with E-state index in [2.05, 4.69) is 28.6 Å². The molecule has 1 amide bonds. The van der Waals surface area contributed by atoms with Crippen molar-refractivity contribution in [1.29, 1.82) is 0 Å². The van der Waals surface area contributed by atoms with Crippen molar-refractivity contribution in [2.45, 2.75) is 40.0 Å². The summed E-state index contributed by atoms with van der Waals surface area (Å²) >= 11 is 0. The monoisotopic (exact) mass is 377 g/mol. The Labute approximate surface area is 163 Å². The predicted octanol–water partition coefficient (Wildman–Crippen LogP) is 2.37. The third-order valence-electron chi connectivity index (χ3n) is 4.86. The first-order valence-corrected chi connectivity index (χ1v) is 10.2. The number of carbonyl (C=O) groups is 1. The highest BCUT2D eigenvalue weighted by Gasteiger charge is 2.18. The number of nitrogen functional groups attached to an aromatic ring is 1. The maximum Gasteiger partial charge on any atom is 0.225 e. The van der Waals surface area contributed by atoms with Crippen LogP contribution in [0.1, 0.15) is 40.0 Å². The summed E-state index contributed by atoms with van der Waals surface area (Å²) in [5.41, 5.74) is 7.14. The fraction of sp³-hybridized carbons (Fsp3) is 0.700. The van der Waals surface area contributed by atoms with Gasteiger partial charge in [-0.05, 0) is 12.8 Å². The number of rotatable bonds is 10. The minimum Gasteiger partial charge on any atom is -0.384 e. The highest BCUT2D eigenvalue weighted by atomic mass is 16.5. The highest BCUT2D eigenvalue weighted by molar-refractivity contribution is 5.91. The van der Waals surface area contributed by atoms with Crippen LogP contribution >= 0.6 is 0 Å². The molecule has 7 nitrogen and oxygen atoms in total. The molecule has 0 bridgehead atoms. The number of unbranched alkanes of at least 4 members (excludes halogenated alkanes) is 1. The van der Waals surface area contributed by atoms with Gasteiger partial charge in [0.2, 0.25) is 5.91 Å². The van der Waals surface area contributed by atoms with Gasteiger partial charge in [0.05, 0.1) is 13.2 Å². The summed E-state index contributed by atoms with van der Waals surface area (Å²) in [5, 5.41) is 0. The van der Waals surface area contributed by atoms with Crippen LogP contribution in [0.4, 0.5) is 17.3 Å². The number of aromatic nitrogens is 1. The number of morpholine rings is 1. The van der Waals surface area contributed by atoms with Gasteiger partial charge in [0, 0.05) is 64.0 Å². The van der Waals surface area contributed by atoms with Gasteiger partial charge in [-0.2, -0.15) is 0 Å². The van der Waals surface area contributed by atoms with Crippen molar-refractivity contribution in [3.63, 3.8) is 0 Å². The number of pyridine rings is 1. The Balaban J connectivity index is 2.16. The minimum atomic E-state index is -0.0112. The number of hydrogen-bond donors (Lipinski definition) is 1. The molecule has 0 saturated carbocycles. The average Bonchev–Trinajstić information content (AvgIpc) is 2.65. The largest absolute Gasteiger partial charge is 0.384 e. The molecule has 2 rings (SSSR count). The van der Waals surface area contributed by atoms with E-state index in [1.807, 2.05) is 12.1 Å². The lowest BCUT2D eigenvalue weighted by atomic mass is 10.2. The van der Waals surface area contributed by atoms with Gasteiger partial charge in [-0.25, -0.2) is 4.98 Å². The van der Waals surface area contributed by atoms with Crippen molar-refractivity contribution in [1.82, 2.24) is 9.88 Å². The first kappa shape index (κ1) is 21.4. The summed E-state index contributed by atoms with van der Waals surface area (Å²) in [4.78, 5) is 23.1. The van der Waals surface area contributed by atoms with E-state index >= 15 is 0 Å². The van der Waals surface area contributed by atoms with Gasteiger partial charge in [0.25, 0.3) is 0 Å². The molecule has 1 aromatic heterocycles. The normalized spacial score (nSPS) is 14.9. The van der Waals surface area contributed by atoms with E-state index in [1.165, 1.54) is 0 Å². The molecular weight excluding hydrogens is 342 g/mol. The van der Waals surface area contributed by atoms with Gasteiger partial charge in [0.1, 0.15) is 11.6 Å². The molecule has 0 radical (unpaired) electrons. The van der Waals surface area contributed by atoms with Crippen LogP contribution < -0.4 is 15.5 Å². The molecule has 1 saturated heterocycles.